The molecule has 8 nitrogen and oxygen atoms in total. The average Bonchev–Trinajstić information content (AvgIpc) is 3.60. The number of nitrogens with zero attached hydrogens (tertiary/aromatic N) is 2. The Morgan fingerprint density at radius 1 is 1.16 bits per heavy atom. The normalized spacial score (nSPS) is 17.4. The summed E-state index contributed by atoms with van der Waals surface area (Å²) in [5, 5.41) is 4.28. The SMILES string of the molecule is CC.CNCc1ccc(-c2cc(C(N)=O)c3[nH]cc(C4CCN(SCCCN5CCOCC5)CC4)c3c2)[nH]1. The average molecular weight is 541 g/mol. The van der Waals surface area contributed by atoms with Gasteiger partial charge in [0.25, 0.3) is 5.91 Å². The third-order valence-electron chi connectivity index (χ3n) is 7.40. The lowest BCUT2D eigenvalue weighted by atomic mass is 9.89. The number of nitrogens with two attached hydrogens (primary N) is 1. The highest BCUT2D eigenvalue weighted by Crippen LogP contribution is 2.37. The van der Waals surface area contributed by atoms with Crippen LogP contribution in [0.5, 0.6) is 0 Å². The molecule has 0 atom stereocenters. The Balaban J connectivity index is 0.00000164. The van der Waals surface area contributed by atoms with Crippen LogP contribution in [0.3, 0.4) is 0 Å². The molecular weight excluding hydrogens is 496 g/mol. The first-order valence-corrected chi connectivity index (χ1v) is 15.0. The van der Waals surface area contributed by atoms with Gasteiger partial charge in [-0.05, 0) is 74.2 Å². The Bertz CT molecular complexity index is 1160. The van der Waals surface area contributed by atoms with Gasteiger partial charge in [0.05, 0.1) is 24.3 Å². The second-order valence-electron chi connectivity index (χ2n) is 9.83. The van der Waals surface area contributed by atoms with Gasteiger partial charge in [-0.25, -0.2) is 0 Å². The van der Waals surface area contributed by atoms with Crippen LogP contribution in [0, 0.1) is 0 Å². The Morgan fingerprint density at radius 2 is 1.92 bits per heavy atom. The van der Waals surface area contributed by atoms with Gasteiger partial charge in [0.2, 0.25) is 0 Å². The van der Waals surface area contributed by atoms with Gasteiger partial charge in [0.1, 0.15) is 0 Å². The number of carbonyl (C=O) groups is 1. The van der Waals surface area contributed by atoms with Crippen molar-refractivity contribution in [3.63, 3.8) is 0 Å². The number of primary amides is 1. The third kappa shape index (κ3) is 7.01. The summed E-state index contributed by atoms with van der Waals surface area (Å²) >= 11 is 2.00. The van der Waals surface area contributed by atoms with Crippen molar-refractivity contribution in [2.24, 2.45) is 5.73 Å². The number of amides is 1. The largest absolute Gasteiger partial charge is 0.379 e. The van der Waals surface area contributed by atoms with Crippen LogP contribution >= 0.6 is 11.9 Å². The molecular formula is C29H44N6O2S. The number of fused-ring (bicyclic) bond motifs is 1. The van der Waals surface area contributed by atoms with E-state index in [0.717, 1.165) is 86.6 Å². The monoisotopic (exact) mass is 540 g/mol. The number of piperidine rings is 1. The van der Waals surface area contributed by atoms with E-state index in [2.05, 4.69) is 48.9 Å². The minimum Gasteiger partial charge on any atom is -0.379 e. The molecule has 2 aromatic heterocycles. The van der Waals surface area contributed by atoms with Gasteiger partial charge in [-0.15, -0.1) is 0 Å². The predicted molar refractivity (Wildman–Crippen MR) is 159 cm³/mol. The van der Waals surface area contributed by atoms with Crippen LogP contribution in [0.15, 0.2) is 30.5 Å². The van der Waals surface area contributed by atoms with Gasteiger partial charge in [-0.3, -0.25) is 14.0 Å². The second-order valence-corrected chi connectivity index (χ2v) is 11.0. The second kappa shape index (κ2) is 14.2. The number of rotatable bonds is 10. The molecule has 0 saturated carbocycles. The molecule has 0 unspecified atom stereocenters. The summed E-state index contributed by atoms with van der Waals surface area (Å²) in [4.78, 5) is 21.7. The van der Waals surface area contributed by atoms with Crippen LogP contribution in [0.2, 0.25) is 0 Å². The number of morpholine rings is 1. The topological polar surface area (TPSA) is 102 Å². The zero-order chi connectivity index (χ0) is 26.9. The van der Waals surface area contributed by atoms with Crippen molar-refractivity contribution >= 4 is 28.8 Å². The van der Waals surface area contributed by atoms with Crippen molar-refractivity contribution in [2.75, 3.05) is 58.7 Å². The number of hydrogen-bond donors (Lipinski definition) is 4. The van der Waals surface area contributed by atoms with Crippen LogP contribution in [0.1, 0.15) is 60.6 Å². The van der Waals surface area contributed by atoms with Gasteiger partial charge in [0.15, 0.2) is 0 Å². The number of H-pyrrole nitrogens is 2. The molecule has 0 spiro atoms. The van der Waals surface area contributed by atoms with Gasteiger partial charge in [-0.2, -0.15) is 0 Å². The number of aromatic amines is 2. The molecule has 0 bridgehead atoms. The van der Waals surface area contributed by atoms with Crippen LogP contribution in [0.25, 0.3) is 22.2 Å². The first kappa shape index (κ1) is 28.7. The summed E-state index contributed by atoms with van der Waals surface area (Å²) in [7, 11) is 1.93. The molecule has 2 saturated heterocycles. The number of nitrogens with one attached hydrogen (secondary N) is 3. The summed E-state index contributed by atoms with van der Waals surface area (Å²) in [6.07, 6.45) is 5.56. The Kier molecular flexibility index (Phi) is 10.7. The van der Waals surface area contributed by atoms with Gasteiger partial charge in [0, 0.05) is 61.4 Å². The molecule has 208 valence electrons. The number of benzene rings is 1. The van der Waals surface area contributed by atoms with Crippen molar-refractivity contribution < 1.29 is 9.53 Å². The molecule has 38 heavy (non-hydrogen) atoms. The number of hydrogen-bond acceptors (Lipinski definition) is 6. The van der Waals surface area contributed by atoms with E-state index >= 15 is 0 Å². The van der Waals surface area contributed by atoms with Crippen molar-refractivity contribution in [1.82, 2.24) is 24.5 Å². The quantitative estimate of drug-likeness (QED) is 0.222. The summed E-state index contributed by atoms with van der Waals surface area (Å²) in [6.45, 7) is 12.0. The summed E-state index contributed by atoms with van der Waals surface area (Å²) < 4.78 is 7.98. The fraction of sp³-hybridized carbons (Fsp3) is 0.552. The molecule has 2 aliphatic heterocycles. The zero-order valence-corrected chi connectivity index (χ0v) is 24.0. The smallest absolute Gasteiger partial charge is 0.250 e. The van der Waals surface area contributed by atoms with Crippen LogP contribution in [-0.4, -0.2) is 83.8 Å². The Morgan fingerprint density at radius 3 is 2.63 bits per heavy atom. The maximum atomic E-state index is 12.3. The van der Waals surface area contributed by atoms with Crippen LogP contribution < -0.4 is 11.1 Å². The van der Waals surface area contributed by atoms with E-state index in [1.807, 2.05) is 38.9 Å². The van der Waals surface area contributed by atoms with E-state index in [-0.39, 0.29) is 0 Å². The number of ether oxygens (including phenoxy) is 1. The maximum absolute atomic E-state index is 12.3. The van der Waals surface area contributed by atoms with Gasteiger partial charge >= 0.3 is 0 Å². The molecule has 3 aromatic rings. The fourth-order valence-electron chi connectivity index (χ4n) is 5.45. The lowest BCUT2D eigenvalue weighted by Crippen LogP contribution is -2.37. The van der Waals surface area contributed by atoms with Gasteiger partial charge < -0.3 is 25.8 Å². The Labute approximate surface area is 231 Å². The molecule has 2 fully saturated rings. The number of carbonyl (C=O) groups excluding carboxylic acids is 1. The lowest BCUT2D eigenvalue weighted by Gasteiger charge is -2.31. The Hall–Kier alpha value is -2.30. The van der Waals surface area contributed by atoms with Gasteiger partial charge in [-0.1, -0.05) is 25.8 Å². The highest BCUT2D eigenvalue weighted by Gasteiger charge is 2.25. The molecule has 0 aliphatic carbocycles. The molecule has 1 amide bonds. The standard InChI is InChI=1S/C27H38N6O2S.C2H6/c1-29-17-21-3-4-25(31-21)20-15-22-24(18-30-26(22)23(16-20)27(28)34)19-5-8-33(9-6-19)36-14-2-7-32-10-12-35-13-11-32;1-2/h3-4,15-16,18-19,29-31H,2,5-14,17H2,1H3,(H2,28,34);1-2H3. The summed E-state index contributed by atoms with van der Waals surface area (Å²) in [5.41, 5.74) is 11.6. The minimum atomic E-state index is -0.402. The van der Waals surface area contributed by atoms with E-state index in [4.69, 9.17) is 10.5 Å². The minimum absolute atomic E-state index is 0.402. The van der Waals surface area contributed by atoms with E-state index in [1.165, 1.54) is 24.3 Å². The highest BCUT2D eigenvalue weighted by molar-refractivity contribution is 7.97. The first-order valence-electron chi connectivity index (χ1n) is 14.1. The van der Waals surface area contributed by atoms with Crippen LogP contribution in [-0.2, 0) is 11.3 Å². The highest BCUT2D eigenvalue weighted by atomic mass is 32.2. The molecule has 5 rings (SSSR count). The van der Waals surface area contributed by atoms with Crippen LogP contribution in [0.4, 0.5) is 0 Å². The molecule has 9 heteroatoms. The fourth-order valence-corrected chi connectivity index (χ4v) is 6.43. The zero-order valence-electron chi connectivity index (χ0n) is 23.1. The molecule has 4 heterocycles. The molecule has 0 radical (unpaired) electrons. The number of aromatic nitrogens is 2. The van der Waals surface area contributed by atoms with E-state index in [0.29, 0.717) is 11.5 Å². The first-order chi connectivity index (χ1) is 18.6. The molecule has 5 N–H and O–H groups in total. The summed E-state index contributed by atoms with van der Waals surface area (Å²) in [5.74, 6) is 1.25. The lowest BCUT2D eigenvalue weighted by molar-refractivity contribution is 0.0381. The third-order valence-corrected chi connectivity index (χ3v) is 8.60. The predicted octanol–water partition coefficient (Wildman–Crippen LogP) is 4.56. The van der Waals surface area contributed by atoms with E-state index in [9.17, 15) is 4.79 Å². The van der Waals surface area contributed by atoms with E-state index < -0.39 is 5.91 Å². The van der Waals surface area contributed by atoms with Crippen molar-refractivity contribution in [3.05, 3.63) is 47.3 Å². The molecule has 1 aromatic carbocycles. The van der Waals surface area contributed by atoms with E-state index in [1.54, 1.807) is 0 Å². The summed E-state index contributed by atoms with van der Waals surface area (Å²) in [6, 6.07) is 8.25. The van der Waals surface area contributed by atoms with Crippen molar-refractivity contribution in [2.45, 2.75) is 45.6 Å². The van der Waals surface area contributed by atoms with Crippen molar-refractivity contribution in [3.8, 4) is 11.3 Å². The molecule has 2 aliphatic rings. The van der Waals surface area contributed by atoms with Crippen molar-refractivity contribution in [1.29, 1.82) is 0 Å². The maximum Gasteiger partial charge on any atom is 0.250 e.